The van der Waals surface area contributed by atoms with Crippen LogP contribution in [0.4, 0.5) is 0 Å². The Kier molecular flexibility index (Phi) is 9.22. The van der Waals surface area contributed by atoms with Gasteiger partial charge in [0.15, 0.2) is 17.6 Å². The molecule has 0 bridgehead atoms. The van der Waals surface area contributed by atoms with Gasteiger partial charge in [0, 0.05) is 12.6 Å². The Morgan fingerprint density at radius 1 is 0.692 bits per heavy atom. The van der Waals surface area contributed by atoms with E-state index in [-0.39, 0.29) is 5.91 Å². The van der Waals surface area contributed by atoms with Gasteiger partial charge in [-0.05, 0) is 36.4 Å². The minimum absolute atomic E-state index is 0.166. The number of rotatable bonds is 6. The van der Waals surface area contributed by atoms with Gasteiger partial charge in [-0.2, -0.15) is 0 Å². The molecule has 0 saturated heterocycles. The van der Waals surface area contributed by atoms with E-state index in [1.165, 1.54) is 15.9 Å². The summed E-state index contributed by atoms with van der Waals surface area (Å²) < 4.78 is 35.0. The molecule has 1 N–H and O–H groups in total. The summed E-state index contributed by atoms with van der Waals surface area (Å²) in [5.41, 5.74) is 1.51. The molecule has 0 unspecified atom stereocenters. The van der Waals surface area contributed by atoms with Gasteiger partial charge in [0.1, 0.15) is 20.9 Å². The largest absolute Gasteiger partial charge is 0.354 e. The quantitative estimate of drug-likeness (QED) is 0.283. The van der Waals surface area contributed by atoms with Crippen LogP contribution in [0.5, 0.6) is 0 Å². The van der Waals surface area contributed by atoms with Crippen LogP contribution < -0.4 is 44.5 Å². The van der Waals surface area contributed by atoms with Gasteiger partial charge in [-0.15, -0.1) is 10.2 Å². The molecule has 7 nitrogen and oxygen atoms in total. The fraction of sp³-hybridized carbons (Fsp3) is 0.0345. The molecule has 0 saturated carbocycles. The van der Waals surface area contributed by atoms with Crippen LogP contribution in [-0.2, 0) is 0 Å². The maximum atomic E-state index is 13.3. The Bertz CT molecular complexity index is 1400. The van der Waals surface area contributed by atoms with Crippen molar-refractivity contribution in [3.8, 4) is 10.6 Å². The average Bonchev–Trinajstić information content (AvgIpc) is 3.40. The van der Waals surface area contributed by atoms with Gasteiger partial charge in [0.05, 0.1) is 0 Å². The van der Waals surface area contributed by atoms with Gasteiger partial charge < -0.3 is 5.32 Å². The molecular weight excluding hydrogens is 555 g/mol. The van der Waals surface area contributed by atoms with Gasteiger partial charge in [-0.3, -0.25) is 4.79 Å². The number of hydrogen-bond donors (Lipinski definition) is 1. The van der Waals surface area contributed by atoms with E-state index in [9.17, 15) is 4.79 Å². The van der Waals surface area contributed by atoms with E-state index < -0.39 is 17.5 Å². The third kappa shape index (κ3) is 6.58. The fourth-order valence-corrected chi connectivity index (χ4v) is 10.8. The number of carbonyl (C=O) groups excluding carboxylic acids is 1. The summed E-state index contributed by atoms with van der Waals surface area (Å²) in [5.74, 6) is -0.166. The van der Waals surface area contributed by atoms with E-state index in [1.54, 1.807) is 18.4 Å². The van der Waals surface area contributed by atoms with Crippen molar-refractivity contribution in [1.29, 1.82) is 0 Å². The first kappa shape index (κ1) is 28.5. The lowest BCUT2D eigenvalue weighted by Gasteiger charge is -2.26. The number of nitrogens with one attached hydrogen (secondary N) is 1. The zero-order chi connectivity index (χ0) is 27.9. The number of benzene rings is 4. The standard InChI is InChI=1S/C29H23N2OPS.ClHO4/c1-30-27(32)26-29(34-28(31-26)22-14-6-2-7-15-22)33(23-16-8-3-9-17-23,24-18-10-4-11-19-24)25-20-12-5-13-21-25;2-1(3,4)5/h2-21H,1H3;(H,2,3,4,5). The van der Waals surface area contributed by atoms with Crippen molar-refractivity contribution in [2.45, 2.75) is 0 Å². The first-order chi connectivity index (χ1) is 18.7. The number of amides is 1. The number of nitrogens with zero attached hydrogens (tertiary/aromatic N) is 1. The van der Waals surface area contributed by atoms with Gasteiger partial charge in [0.25, 0.3) is 5.91 Å². The van der Waals surface area contributed by atoms with Crippen LogP contribution in [-0.4, -0.2) is 17.9 Å². The third-order valence-corrected chi connectivity index (χ3v) is 11.8. The van der Waals surface area contributed by atoms with Crippen molar-refractivity contribution in [3.05, 3.63) is 127 Å². The lowest BCUT2D eigenvalue weighted by Crippen LogP contribution is -2.68. The van der Waals surface area contributed by atoms with Gasteiger partial charge in [0.2, 0.25) is 0 Å². The van der Waals surface area contributed by atoms with Crippen LogP contribution >= 0.6 is 18.6 Å². The smallest absolute Gasteiger partial charge is 0.274 e. The molecule has 4 aromatic carbocycles. The van der Waals surface area contributed by atoms with Crippen molar-refractivity contribution < 1.29 is 33.7 Å². The molecule has 39 heavy (non-hydrogen) atoms. The van der Waals surface area contributed by atoms with Crippen LogP contribution in [0.15, 0.2) is 121 Å². The topological polar surface area (TPSA) is 134 Å². The first-order valence-corrected chi connectivity index (χ1v) is 15.6. The number of halogens is 1. The summed E-state index contributed by atoms with van der Waals surface area (Å²) in [5, 5.41) is 7.27. The van der Waals surface area contributed by atoms with Crippen molar-refractivity contribution in [1.82, 2.24) is 10.3 Å². The predicted molar refractivity (Wildman–Crippen MR) is 146 cm³/mol. The van der Waals surface area contributed by atoms with Gasteiger partial charge >= 0.3 is 0 Å². The van der Waals surface area contributed by atoms with Crippen molar-refractivity contribution in [2.24, 2.45) is 0 Å². The second-order valence-corrected chi connectivity index (χ2v) is 13.6. The number of aromatic nitrogens is 1. The van der Waals surface area contributed by atoms with E-state index in [0.29, 0.717) is 5.69 Å². The molecule has 5 aromatic rings. The molecule has 1 aromatic heterocycles. The molecule has 0 spiro atoms. The predicted octanol–water partition coefficient (Wildman–Crippen LogP) is 0.0331. The van der Waals surface area contributed by atoms with E-state index in [4.69, 9.17) is 23.6 Å². The van der Waals surface area contributed by atoms with E-state index in [0.717, 1.165) is 15.2 Å². The van der Waals surface area contributed by atoms with Crippen molar-refractivity contribution >= 4 is 45.0 Å². The van der Waals surface area contributed by atoms with Crippen LogP contribution in [0.3, 0.4) is 0 Å². The van der Waals surface area contributed by atoms with E-state index >= 15 is 0 Å². The maximum Gasteiger partial charge on any atom is 0.274 e. The molecule has 0 fully saturated rings. The Labute approximate surface area is 233 Å². The minimum Gasteiger partial charge on any atom is -0.354 e. The molecule has 0 aliphatic carbocycles. The lowest BCUT2D eigenvalue weighted by molar-refractivity contribution is -2.00. The SMILES string of the molecule is CNC(=O)c1nc(-c2ccccc2)sc1[P+](c1ccccc1)(c1ccccc1)c1ccccc1.[O-][Cl+3]([O-])([O-])[O-]. The summed E-state index contributed by atoms with van der Waals surface area (Å²) >= 11 is 1.63. The van der Waals surface area contributed by atoms with Gasteiger partial charge in [-0.25, -0.2) is 23.6 Å². The molecule has 1 amide bonds. The van der Waals surface area contributed by atoms with E-state index in [1.807, 2.05) is 48.5 Å². The summed E-state index contributed by atoms with van der Waals surface area (Å²) in [7, 11) is -5.69. The summed E-state index contributed by atoms with van der Waals surface area (Å²) in [6.07, 6.45) is 0. The first-order valence-electron chi connectivity index (χ1n) is 11.7. The average molecular weight is 579 g/mol. The highest BCUT2D eigenvalue weighted by molar-refractivity contribution is 8.04. The molecular formula is C29H24ClN2O5PS. The zero-order valence-corrected chi connectivity index (χ0v) is 23.2. The van der Waals surface area contributed by atoms with Crippen LogP contribution in [0.25, 0.3) is 10.6 Å². The maximum absolute atomic E-state index is 13.3. The van der Waals surface area contributed by atoms with Crippen LogP contribution in [0.1, 0.15) is 10.5 Å². The Morgan fingerprint density at radius 2 is 1.05 bits per heavy atom. The molecule has 10 heteroatoms. The summed E-state index contributed by atoms with van der Waals surface area (Å²) in [6.45, 7) is 0. The third-order valence-electron chi connectivity index (χ3n) is 5.81. The molecule has 1 heterocycles. The second kappa shape index (κ2) is 12.6. The minimum atomic E-state index is -4.94. The Balaban J connectivity index is 0.000000648. The fourth-order valence-electron chi connectivity index (χ4n) is 4.26. The Hall–Kier alpha value is -3.46. The van der Waals surface area contributed by atoms with Crippen LogP contribution in [0.2, 0.25) is 0 Å². The number of thiazole rings is 1. The van der Waals surface area contributed by atoms with Gasteiger partial charge in [-0.1, -0.05) is 96.3 Å². The summed E-state index contributed by atoms with van der Waals surface area (Å²) in [6, 6.07) is 41.8. The monoisotopic (exact) mass is 578 g/mol. The van der Waals surface area contributed by atoms with Crippen molar-refractivity contribution in [3.63, 3.8) is 0 Å². The number of hydrogen-bond acceptors (Lipinski definition) is 7. The van der Waals surface area contributed by atoms with Crippen LogP contribution in [0, 0.1) is 10.2 Å². The highest BCUT2D eigenvalue weighted by atomic mass is 35.7. The molecule has 0 aliphatic rings. The molecule has 0 aliphatic heterocycles. The lowest BCUT2D eigenvalue weighted by atomic mass is 10.2. The van der Waals surface area contributed by atoms with Crippen molar-refractivity contribution in [2.75, 3.05) is 7.05 Å². The molecule has 5 rings (SSSR count). The normalized spacial score (nSPS) is 11.3. The summed E-state index contributed by atoms with van der Waals surface area (Å²) in [4.78, 5) is 18.2. The highest BCUT2D eigenvalue weighted by Gasteiger charge is 2.52. The highest BCUT2D eigenvalue weighted by Crippen LogP contribution is 2.56. The number of carbonyl (C=O) groups is 1. The Morgan fingerprint density at radius 3 is 1.41 bits per heavy atom. The zero-order valence-electron chi connectivity index (χ0n) is 20.8. The molecule has 0 radical (unpaired) electrons. The molecule has 0 atom stereocenters. The second-order valence-electron chi connectivity index (χ2n) is 8.17. The molecule has 198 valence electrons. The van der Waals surface area contributed by atoms with E-state index in [2.05, 4.69) is 78.1 Å².